The van der Waals surface area contributed by atoms with Gasteiger partial charge in [-0.15, -0.1) is 0 Å². The average Bonchev–Trinajstić information content (AvgIpc) is 3.88. The summed E-state index contributed by atoms with van der Waals surface area (Å²) < 4.78 is 0. The van der Waals surface area contributed by atoms with Crippen molar-refractivity contribution < 1.29 is 0 Å². The van der Waals surface area contributed by atoms with Gasteiger partial charge in [0, 0.05) is 27.9 Å². The van der Waals surface area contributed by atoms with Gasteiger partial charge in [-0.25, -0.2) is 0 Å². The van der Waals surface area contributed by atoms with Crippen molar-refractivity contribution in [3.63, 3.8) is 0 Å². The zero-order valence-electron chi connectivity index (χ0n) is 37.8. The van der Waals surface area contributed by atoms with E-state index in [1.54, 1.807) is 0 Å². The van der Waals surface area contributed by atoms with E-state index in [0.29, 0.717) is 0 Å². The van der Waals surface area contributed by atoms with Crippen LogP contribution in [0.2, 0.25) is 0 Å². The first-order valence-corrected chi connectivity index (χ1v) is 23.4. The Balaban J connectivity index is 1.09. The highest BCUT2D eigenvalue weighted by molar-refractivity contribution is 6.05. The van der Waals surface area contributed by atoms with E-state index >= 15 is 0 Å². The third-order valence-electron chi connectivity index (χ3n) is 15.5. The molecule has 314 valence electrons. The van der Waals surface area contributed by atoms with Crippen molar-refractivity contribution in [1.29, 1.82) is 0 Å². The molecule has 1 heteroatoms. The van der Waals surface area contributed by atoms with Gasteiger partial charge in [0.2, 0.25) is 0 Å². The summed E-state index contributed by atoms with van der Waals surface area (Å²) in [7, 11) is 0. The molecule has 3 aliphatic carbocycles. The van der Waals surface area contributed by atoms with Crippen molar-refractivity contribution in [3.05, 3.63) is 269 Å². The molecule has 0 spiro atoms. The molecular formula is C65H49N. The molecule has 13 rings (SSSR count). The van der Waals surface area contributed by atoms with Gasteiger partial charge >= 0.3 is 0 Å². The fourth-order valence-corrected chi connectivity index (χ4v) is 12.4. The summed E-state index contributed by atoms with van der Waals surface area (Å²) in [5.41, 5.74) is 23.8. The maximum absolute atomic E-state index is 2.57. The lowest BCUT2D eigenvalue weighted by molar-refractivity contribution is 0.639. The topological polar surface area (TPSA) is 3.24 Å². The minimum absolute atomic E-state index is 0.130. The molecule has 0 aliphatic heterocycles. The van der Waals surface area contributed by atoms with E-state index in [1.165, 1.54) is 99.8 Å². The molecule has 0 bridgehead atoms. The Morgan fingerprint density at radius 3 is 1.47 bits per heavy atom. The molecule has 0 radical (unpaired) electrons. The van der Waals surface area contributed by atoms with Crippen molar-refractivity contribution in [2.75, 3.05) is 4.90 Å². The maximum atomic E-state index is 2.57. The van der Waals surface area contributed by atoms with Crippen molar-refractivity contribution in [1.82, 2.24) is 0 Å². The predicted molar refractivity (Wildman–Crippen MR) is 276 cm³/mol. The number of nitrogens with zero attached hydrogens (tertiary/aromatic N) is 1. The smallest absolute Gasteiger partial charge is 0.0714 e. The summed E-state index contributed by atoms with van der Waals surface area (Å²) in [5.74, 6) is 0. The van der Waals surface area contributed by atoms with E-state index in [0.717, 1.165) is 17.1 Å². The second-order valence-electron chi connectivity index (χ2n) is 19.6. The lowest BCUT2D eigenvalue weighted by Crippen LogP contribution is -2.28. The molecule has 0 N–H and O–H groups in total. The van der Waals surface area contributed by atoms with Gasteiger partial charge in [-0.2, -0.15) is 0 Å². The second-order valence-corrected chi connectivity index (χ2v) is 19.6. The monoisotopic (exact) mass is 843 g/mol. The zero-order chi connectivity index (χ0) is 44.4. The molecule has 0 aromatic heterocycles. The van der Waals surface area contributed by atoms with Crippen molar-refractivity contribution >= 4 is 27.8 Å². The maximum Gasteiger partial charge on any atom is 0.0714 e. The van der Waals surface area contributed by atoms with Gasteiger partial charge < -0.3 is 4.90 Å². The SMILES string of the molecule is CC1(C)c2ccccc2-c2c1cc1c(c2-c2ccccc2)-c2cc(N(c3ccc4c(c3)C(c3ccccc3)(c3ccccc3)c3ccccc3-4)c3ccc4ccccc4c3)ccc2C1(C)C. The molecule has 0 saturated carbocycles. The summed E-state index contributed by atoms with van der Waals surface area (Å²) in [6, 6.07) is 84.4. The highest BCUT2D eigenvalue weighted by Gasteiger charge is 2.47. The Bertz CT molecular complexity index is 3540. The van der Waals surface area contributed by atoms with Gasteiger partial charge in [0.15, 0.2) is 0 Å². The second kappa shape index (κ2) is 14.1. The average molecular weight is 844 g/mol. The van der Waals surface area contributed by atoms with Crippen LogP contribution in [0.4, 0.5) is 17.1 Å². The third kappa shape index (κ3) is 5.29. The number of anilines is 3. The van der Waals surface area contributed by atoms with Crippen LogP contribution < -0.4 is 4.90 Å². The molecule has 10 aromatic rings. The van der Waals surface area contributed by atoms with Gasteiger partial charge in [-0.3, -0.25) is 0 Å². The first-order chi connectivity index (χ1) is 32.3. The first-order valence-electron chi connectivity index (χ1n) is 23.4. The Morgan fingerprint density at radius 1 is 0.288 bits per heavy atom. The summed E-state index contributed by atoms with van der Waals surface area (Å²) in [5, 5.41) is 2.44. The number of hydrogen-bond donors (Lipinski definition) is 0. The molecular weight excluding hydrogens is 795 g/mol. The molecule has 66 heavy (non-hydrogen) atoms. The number of fused-ring (bicyclic) bond motifs is 10. The van der Waals surface area contributed by atoms with Crippen LogP contribution in [-0.4, -0.2) is 0 Å². The highest BCUT2D eigenvalue weighted by atomic mass is 15.1. The van der Waals surface area contributed by atoms with Crippen LogP contribution in [0.15, 0.2) is 224 Å². The summed E-state index contributed by atoms with van der Waals surface area (Å²) in [6.45, 7) is 9.68. The lowest BCUT2D eigenvalue weighted by atomic mass is 9.67. The van der Waals surface area contributed by atoms with E-state index in [9.17, 15) is 0 Å². The third-order valence-corrected chi connectivity index (χ3v) is 15.5. The summed E-state index contributed by atoms with van der Waals surface area (Å²) in [4.78, 5) is 2.51. The van der Waals surface area contributed by atoms with Crippen molar-refractivity contribution in [2.24, 2.45) is 0 Å². The molecule has 1 nitrogen and oxygen atoms in total. The molecule has 10 aromatic carbocycles. The van der Waals surface area contributed by atoms with Crippen LogP contribution in [-0.2, 0) is 16.2 Å². The normalized spacial score (nSPS) is 15.0. The minimum atomic E-state index is -0.518. The first kappa shape index (κ1) is 38.7. The molecule has 0 heterocycles. The van der Waals surface area contributed by atoms with Crippen LogP contribution in [0, 0.1) is 0 Å². The Morgan fingerprint density at radius 2 is 0.773 bits per heavy atom. The van der Waals surface area contributed by atoms with E-state index < -0.39 is 5.41 Å². The molecule has 0 atom stereocenters. The quantitative estimate of drug-likeness (QED) is 0.161. The molecule has 0 fully saturated rings. The van der Waals surface area contributed by atoms with Gasteiger partial charge in [0.05, 0.1) is 5.41 Å². The van der Waals surface area contributed by atoms with Gasteiger partial charge in [0.25, 0.3) is 0 Å². The van der Waals surface area contributed by atoms with Gasteiger partial charge in [-0.1, -0.05) is 216 Å². The zero-order valence-corrected chi connectivity index (χ0v) is 37.8. The minimum Gasteiger partial charge on any atom is -0.310 e. The molecule has 0 saturated heterocycles. The van der Waals surface area contributed by atoms with Crippen molar-refractivity contribution in [2.45, 2.75) is 43.9 Å². The number of benzene rings is 10. The fourth-order valence-electron chi connectivity index (χ4n) is 12.4. The Kier molecular flexibility index (Phi) is 8.28. The van der Waals surface area contributed by atoms with E-state index in [-0.39, 0.29) is 10.8 Å². The number of rotatable bonds is 6. The van der Waals surface area contributed by atoms with Crippen LogP contribution in [0.1, 0.15) is 72.2 Å². The summed E-state index contributed by atoms with van der Waals surface area (Å²) >= 11 is 0. The highest BCUT2D eigenvalue weighted by Crippen LogP contribution is 2.62. The standard InChI is InChI=1S/C65H49N/c1-63(2)54-30-18-17-29-52(54)61-58(63)41-59-62(60(61)43-21-8-5-9-22-43)53-39-48(35-37-55(53)64(59,3)4)66(47-33-32-42-20-14-15-23-44(42)38-47)49-34-36-51-50-28-16-19-31-56(50)65(57(51)40-49,45-24-10-6-11-25-45)46-26-12-7-13-27-46/h5-41H,1-4H3. The van der Waals surface area contributed by atoms with Crippen molar-refractivity contribution in [3.8, 4) is 44.5 Å². The van der Waals surface area contributed by atoms with Crippen LogP contribution in [0.3, 0.4) is 0 Å². The number of hydrogen-bond acceptors (Lipinski definition) is 1. The molecule has 3 aliphatic rings. The van der Waals surface area contributed by atoms with Crippen LogP contribution in [0.5, 0.6) is 0 Å². The largest absolute Gasteiger partial charge is 0.310 e. The van der Waals surface area contributed by atoms with Gasteiger partial charge in [0.1, 0.15) is 0 Å². The molecule has 0 unspecified atom stereocenters. The van der Waals surface area contributed by atoms with E-state index in [4.69, 9.17) is 0 Å². The Hall–Kier alpha value is -7.74. The van der Waals surface area contributed by atoms with E-state index in [1.807, 2.05) is 0 Å². The van der Waals surface area contributed by atoms with Gasteiger partial charge in [-0.05, 0) is 136 Å². The van der Waals surface area contributed by atoms with Crippen LogP contribution in [0.25, 0.3) is 55.3 Å². The molecule has 0 amide bonds. The van der Waals surface area contributed by atoms with Crippen LogP contribution >= 0.6 is 0 Å². The summed E-state index contributed by atoms with van der Waals surface area (Å²) in [6.07, 6.45) is 0. The van der Waals surface area contributed by atoms with E-state index in [2.05, 4.69) is 257 Å². The lowest BCUT2D eigenvalue weighted by Gasteiger charge is -2.35. The Labute approximate surface area is 388 Å². The predicted octanol–water partition coefficient (Wildman–Crippen LogP) is 17.0. The fraction of sp³-hybridized carbons (Fsp3) is 0.108.